The number of carbonyl (C=O) groups excluding carboxylic acids is 1. The van der Waals surface area contributed by atoms with E-state index in [9.17, 15) is 17.6 Å². The van der Waals surface area contributed by atoms with Gasteiger partial charge in [0.15, 0.2) is 0 Å². The highest BCUT2D eigenvalue weighted by Crippen LogP contribution is 2.60. The van der Waals surface area contributed by atoms with Crippen molar-refractivity contribution in [3.05, 3.63) is 59.2 Å². The van der Waals surface area contributed by atoms with Crippen molar-refractivity contribution in [1.29, 1.82) is 5.26 Å². The number of carbonyl (C=O) groups is 1. The number of pyridine rings is 1. The molecule has 160 valence electrons. The van der Waals surface area contributed by atoms with Gasteiger partial charge in [0.2, 0.25) is 16.0 Å². The predicted molar refractivity (Wildman–Crippen MR) is 111 cm³/mol. The van der Waals surface area contributed by atoms with E-state index < -0.39 is 32.0 Å². The zero-order valence-corrected chi connectivity index (χ0v) is 17.6. The molecule has 0 saturated heterocycles. The Morgan fingerprint density at radius 2 is 2.03 bits per heavy atom. The smallest absolute Gasteiger partial charge is 0.274 e. The molecule has 1 amide bonds. The summed E-state index contributed by atoms with van der Waals surface area (Å²) in [5.41, 5.74) is 5.04. The van der Waals surface area contributed by atoms with E-state index in [4.69, 9.17) is 11.0 Å². The molecule has 1 aromatic carbocycles. The maximum absolute atomic E-state index is 14.9. The van der Waals surface area contributed by atoms with Crippen LogP contribution in [0.2, 0.25) is 0 Å². The van der Waals surface area contributed by atoms with Crippen LogP contribution < -0.4 is 11.1 Å². The van der Waals surface area contributed by atoms with E-state index in [1.807, 2.05) is 6.07 Å². The lowest BCUT2D eigenvalue weighted by Crippen LogP contribution is -2.58. The Balaban J connectivity index is 1.73. The minimum atomic E-state index is -3.85. The van der Waals surface area contributed by atoms with Crippen LogP contribution in [0.25, 0.3) is 0 Å². The molecule has 31 heavy (non-hydrogen) atoms. The SMILES string of the molecule is CN1C(N)=N[C@](C)(c2cc(NC(=O)c3ccc(C#N)cn3)ccc2F)C2(CC2)S1(=O)=O. The van der Waals surface area contributed by atoms with Gasteiger partial charge in [0.05, 0.1) is 5.56 Å². The largest absolute Gasteiger partial charge is 0.369 e. The van der Waals surface area contributed by atoms with Gasteiger partial charge in [-0.25, -0.2) is 27.1 Å². The summed E-state index contributed by atoms with van der Waals surface area (Å²) in [5, 5.41) is 11.5. The van der Waals surface area contributed by atoms with Crippen LogP contribution in [0.15, 0.2) is 41.5 Å². The average Bonchev–Trinajstić information content (AvgIpc) is 3.56. The first-order chi connectivity index (χ1) is 14.6. The third-order valence-corrected chi connectivity index (χ3v) is 8.68. The molecule has 1 atom stereocenters. The first kappa shape index (κ1) is 20.7. The Morgan fingerprint density at radius 3 is 2.61 bits per heavy atom. The summed E-state index contributed by atoms with van der Waals surface area (Å²) >= 11 is 0. The third-order valence-electron chi connectivity index (χ3n) is 5.98. The van der Waals surface area contributed by atoms with Crippen LogP contribution in [0.5, 0.6) is 0 Å². The maximum Gasteiger partial charge on any atom is 0.274 e. The molecule has 2 aromatic rings. The third kappa shape index (κ3) is 2.94. The minimum Gasteiger partial charge on any atom is -0.369 e. The lowest BCUT2D eigenvalue weighted by Gasteiger charge is -2.42. The minimum absolute atomic E-state index is 0.0233. The number of nitriles is 1. The fraction of sp³-hybridized carbons (Fsp3) is 0.300. The van der Waals surface area contributed by atoms with Gasteiger partial charge >= 0.3 is 0 Å². The molecule has 4 rings (SSSR count). The summed E-state index contributed by atoms with van der Waals surface area (Å²) in [4.78, 5) is 20.8. The quantitative estimate of drug-likeness (QED) is 0.741. The van der Waals surface area contributed by atoms with E-state index in [2.05, 4.69) is 15.3 Å². The lowest BCUT2D eigenvalue weighted by atomic mass is 9.86. The van der Waals surface area contributed by atoms with Crippen molar-refractivity contribution in [3.8, 4) is 6.07 Å². The fourth-order valence-electron chi connectivity index (χ4n) is 3.97. The molecular formula is C20H19FN6O3S. The van der Waals surface area contributed by atoms with Crippen LogP contribution in [0, 0.1) is 17.1 Å². The molecule has 1 aromatic heterocycles. The molecule has 2 aliphatic rings. The molecule has 1 fully saturated rings. The number of hydrogen-bond donors (Lipinski definition) is 2. The lowest BCUT2D eigenvalue weighted by molar-refractivity contribution is 0.102. The highest BCUT2D eigenvalue weighted by atomic mass is 32.2. The van der Waals surface area contributed by atoms with E-state index in [0.29, 0.717) is 18.4 Å². The number of aliphatic imine (C=N–C) groups is 1. The van der Waals surface area contributed by atoms with Crippen LogP contribution in [-0.4, -0.2) is 41.4 Å². The Morgan fingerprint density at radius 1 is 1.32 bits per heavy atom. The van der Waals surface area contributed by atoms with Gasteiger partial charge in [-0.3, -0.25) is 4.79 Å². The van der Waals surface area contributed by atoms with Gasteiger partial charge in [-0.2, -0.15) is 5.26 Å². The number of nitrogens with zero attached hydrogens (tertiary/aromatic N) is 4. The molecule has 0 bridgehead atoms. The number of guanidine groups is 1. The topological polar surface area (TPSA) is 142 Å². The zero-order valence-electron chi connectivity index (χ0n) is 16.8. The van der Waals surface area contributed by atoms with Gasteiger partial charge in [-0.05, 0) is 50.1 Å². The summed E-state index contributed by atoms with van der Waals surface area (Å²) < 4.78 is 40.7. The van der Waals surface area contributed by atoms with E-state index in [-0.39, 0.29) is 22.9 Å². The molecule has 0 radical (unpaired) electrons. The van der Waals surface area contributed by atoms with Crippen molar-refractivity contribution in [2.45, 2.75) is 30.1 Å². The standard InChI is InChI=1S/C20H19FN6O3S/c1-19(20(7-8-20)31(29,30)27(2)18(23)26-19)14-9-13(4-5-15(14)21)25-17(28)16-6-3-12(10-22)11-24-16/h3-6,9,11H,7-8H2,1-2H3,(H2,23,26)(H,25,28)/t19-/m1/s1. The number of benzene rings is 1. The van der Waals surface area contributed by atoms with E-state index in [1.165, 1.54) is 37.5 Å². The number of rotatable bonds is 3. The van der Waals surface area contributed by atoms with Crippen LogP contribution in [0.4, 0.5) is 10.1 Å². The van der Waals surface area contributed by atoms with E-state index in [1.54, 1.807) is 6.92 Å². The van der Waals surface area contributed by atoms with Crippen molar-refractivity contribution >= 4 is 27.6 Å². The van der Waals surface area contributed by atoms with E-state index >= 15 is 0 Å². The highest BCUT2D eigenvalue weighted by molar-refractivity contribution is 7.91. The molecule has 1 aliphatic heterocycles. The first-order valence-electron chi connectivity index (χ1n) is 9.37. The van der Waals surface area contributed by atoms with Crippen LogP contribution in [0.3, 0.4) is 0 Å². The highest BCUT2D eigenvalue weighted by Gasteiger charge is 2.70. The monoisotopic (exact) mass is 442 g/mol. The second kappa shape index (κ2) is 6.75. The number of anilines is 1. The summed E-state index contributed by atoms with van der Waals surface area (Å²) in [6, 6.07) is 8.64. The van der Waals surface area contributed by atoms with Gasteiger partial charge in [-0.1, -0.05) is 0 Å². The number of aromatic nitrogens is 1. The number of halogens is 1. The number of hydrogen-bond acceptors (Lipinski definition) is 7. The van der Waals surface area contributed by atoms with Crippen molar-refractivity contribution < 1.29 is 17.6 Å². The van der Waals surface area contributed by atoms with E-state index in [0.717, 1.165) is 10.4 Å². The van der Waals surface area contributed by atoms with Crippen LogP contribution in [0.1, 0.15) is 41.4 Å². The Kier molecular flexibility index (Phi) is 4.51. The second-order valence-corrected chi connectivity index (χ2v) is 9.98. The molecule has 9 nitrogen and oxygen atoms in total. The zero-order chi connectivity index (χ0) is 22.6. The molecule has 1 aliphatic carbocycles. The van der Waals surface area contributed by atoms with Crippen LogP contribution in [-0.2, 0) is 15.6 Å². The molecule has 1 spiro atoms. The van der Waals surface area contributed by atoms with Gasteiger partial charge in [0.1, 0.15) is 27.9 Å². The summed E-state index contributed by atoms with van der Waals surface area (Å²) in [6.07, 6.45) is 1.90. The fourth-order valence-corrected chi connectivity index (χ4v) is 6.05. The molecule has 1 saturated carbocycles. The van der Waals surface area contributed by atoms with Crippen molar-refractivity contribution in [3.63, 3.8) is 0 Å². The summed E-state index contributed by atoms with van der Waals surface area (Å²) in [5.74, 6) is -1.44. The van der Waals surface area contributed by atoms with Crippen LogP contribution >= 0.6 is 0 Å². The Labute approximate surface area is 178 Å². The van der Waals surface area contributed by atoms with Gasteiger partial charge < -0.3 is 11.1 Å². The summed E-state index contributed by atoms with van der Waals surface area (Å²) in [7, 11) is -2.52. The second-order valence-electron chi connectivity index (χ2n) is 7.70. The molecule has 3 N–H and O–H groups in total. The van der Waals surface area contributed by atoms with Gasteiger partial charge in [-0.15, -0.1) is 0 Å². The molecular weight excluding hydrogens is 423 g/mol. The summed E-state index contributed by atoms with van der Waals surface area (Å²) in [6.45, 7) is 1.55. The number of sulfonamides is 1. The Hall–Kier alpha value is -3.52. The normalized spacial score (nSPS) is 23.0. The molecule has 11 heteroatoms. The van der Waals surface area contributed by atoms with Gasteiger partial charge in [0.25, 0.3) is 5.91 Å². The molecule has 0 unspecified atom stereocenters. The maximum atomic E-state index is 14.9. The number of nitrogens with one attached hydrogen (secondary N) is 1. The molecule has 2 heterocycles. The number of amides is 1. The Bertz CT molecular complexity index is 1260. The van der Waals surface area contributed by atoms with Gasteiger partial charge in [0, 0.05) is 24.5 Å². The average molecular weight is 442 g/mol. The predicted octanol–water partition coefficient (Wildman–Crippen LogP) is 1.68. The van der Waals surface area contributed by atoms with Crippen molar-refractivity contribution in [2.75, 3.05) is 12.4 Å². The van der Waals surface area contributed by atoms with Crippen molar-refractivity contribution in [1.82, 2.24) is 9.29 Å². The first-order valence-corrected chi connectivity index (χ1v) is 10.8. The van der Waals surface area contributed by atoms with Crippen molar-refractivity contribution in [2.24, 2.45) is 10.7 Å². The number of nitrogens with two attached hydrogens (primary N) is 1.